The van der Waals surface area contributed by atoms with Crippen LogP contribution in [0.1, 0.15) is 5.56 Å². The summed E-state index contributed by atoms with van der Waals surface area (Å²) in [6, 6.07) is 36.5. The molecule has 0 saturated carbocycles. The van der Waals surface area contributed by atoms with Gasteiger partial charge in [0.25, 0.3) is 0 Å². The van der Waals surface area contributed by atoms with E-state index in [4.69, 9.17) is 6.57 Å². The molecule has 0 bridgehead atoms. The van der Waals surface area contributed by atoms with Crippen molar-refractivity contribution in [1.82, 2.24) is 4.57 Å². The first-order valence-corrected chi connectivity index (χ1v) is 12.5. The second kappa shape index (κ2) is 7.56. The van der Waals surface area contributed by atoms with E-state index in [1.807, 2.05) is 23.5 Å². The molecule has 0 aliphatic carbocycles. The van der Waals surface area contributed by atoms with Crippen molar-refractivity contribution in [3.8, 4) is 16.8 Å². The number of hydrogen-bond donors (Lipinski definition) is 0. The van der Waals surface area contributed by atoms with E-state index < -0.39 is 0 Å². The Morgan fingerprint density at radius 1 is 0.686 bits per heavy atom. The molecule has 2 nitrogen and oxygen atoms in total. The van der Waals surface area contributed by atoms with Crippen LogP contribution in [0.15, 0.2) is 103 Å². The lowest BCUT2D eigenvalue weighted by atomic mass is 9.99. The maximum atomic E-state index is 7.59. The first-order valence-electron chi connectivity index (χ1n) is 11.7. The molecule has 0 aliphatic heterocycles. The van der Waals surface area contributed by atoms with Gasteiger partial charge in [-0.15, -0.1) is 11.3 Å². The standard InChI is InChI=1S/C32H20N2S/c1-20-8-3-4-9-23(20)21-14-16-28-26(18-21)27-19-22(33-2)15-17-29(27)34(28)30-12-7-11-25-24-10-5-6-13-31(24)35-32(25)30/h3-19H,1H3. The number of aryl methyl sites for hydroxylation is 1. The van der Waals surface area contributed by atoms with E-state index in [9.17, 15) is 0 Å². The summed E-state index contributed by atoms with van der Waals surface area (Å²) in [5.74, 6) is 0. The minimum absolute atomic E-state index is 0.665. The zero-order chi connectivity index (χ0) is 23.5. The number of benzene rings is 5. The highest BCUT2D eigenvalue weighted by Crippen LogP contribution is 2.42. The summed E-state index contributed by atoms with van der Waals surface area (Å²) in [5, 5.41) is 4.87. The molecule has 2 aromatic heterocycles. The van der Waals surface area contributed by atoms with Crippen LogP contribution in [0.3, 0.4) is 0 Å². The highest BCUT2D eigenvalue weighted by atomic mass is 32.1. The third-order valence-electron chi connectivity index (χ3n) is 6.96. The summed E-state index contributed by atoms with van der Waals surface area (Å²) >= 11 is 1.84. The van der Waals surface area contributed by atoms with Crippen molar-refractivity contribution in [2.75, 3.05) is 0 Å². The Labute approximate surface area is 207 Å². The quantitative estimate of drug-likeness (QED) is 0.225. The molecule has 0 N–H and O–H groups in total. The van der Waals surface area contributed by atoms with Gasteiger partial charge in [-0.05, 0) is 65.4 Å². The Kier molecular flexibility index (Phi) is 4.33. The van der Waals surface area contributed by atoms with Gasteiger partial charge < -0.3 is 4.57 Å². The van der Waals surface area contributed by atoms with Gasteiger partial charge in [0.2, 0.25) is 0 Å². The Bertz CT molecular complexity index is 1980. The van der Waals surface area contributed by atoms with E-state index in [2.05, 4.69) is 107 Å². The van der Waals surface area contributed by atoms with Crippen molar-refractivity contribution in [2.45, 2.75) is 6.92 Å². The van der Waals surface area contributed by atoms with E-state index >= 15 is 0 Å². The van der Waals surface area contributed by atoms with Crippen LogP contribution in [0.4, 0.5) is 5.69 Å². The molecule has 0 atom stereocenters. The van der Waals surface area contributed by atoms with E-state index in [1.165, 1.54) is 47.9 Å². The number of thiophene rings is 1. The molecule has 0 unspecified atom stereocenters. The molecular formula is C32H20N2S. The average Bonchev–Trinajstić information content (AvgIpc) is 3.44. The summed E-state index contributed by atoms with van der Waals surface area (Å²) in [6.45, 7) is 9.75. The van der Waals surface area contributed by atoms with Gasteiger partial charge in [0, 0.05) is 20.9 Å². The largest absolute Gasteiger partial charge is 0.308 e. The highest BCUT2D eigenvalue weighted by Gasteiger charge is 2.17. The maximum Gasteiger partial charge on any atom is 0.188 e. The van der Waals surface area contributed by atoms with Crippen LogP contribution in [0.25, 0.3) is 63.6 Å². The van der Waals surface area contributed by atoms with Crippen molar-refractivity contribution < 1.29 is 0 Å². The molecule has 0 aliphatic rings. The first kappa shape index (κ1) is 20.0. The van der Waals surface area contributed by atoms with E-state index in [0.717, 1.165) is 16.4 Å². The molecule has 0 fully saturated rings. The summed E-state index contributed by atoms with van der Waals surface area (Å²) < 4.78 is 4.95. The normalized spacial score (nSPS) is 11.5. The molecule has 0 saturated heterocycles. The lowest BCUT2D eigenvalue weighted by Crippen LogP contribution is -1.94. The maximum absolute atomic E-state index is 7.59. The second-order valence-electron chi connectivity index (χ2n) is 8.95. The van der Waals surface area contributed by atoms with Crippen LogP contribution in [0, 0.1) is 13.5 Å². The van der Waals surface area contributed by atoms with Crippen molar-refractivity contribution >= 4 is 59.0 Å². The lowest BCUT2D eigenvalue weighted by molar-refractivity contribution is 1.20. The molecule has 2 heterocycles. The van der Waals surface area contributed by atoms with Crippen LogP contribution in [0.5, 0.6) is 0 Å². The molecule has 35 heavy (non-hydrogen) atoms. The molecule has 3 heteroatoms. The highest BCUT2D eigenvalue weighted by molar-refractivity contribution is 7.26. The van der Waals surface area contributed by atoms with Gasteiger partial charge in [0.1, 0.15) is 0 Å². The van der Waals surface area contributed by atoms with Gasteiger partial charge in [-0.25, -0.2) is 4.85 Å². The SMILES string of the molecule is [C-]#[N+]c1ccc2c(c1)c1cc(-c3ccccc3C)ccc1n2-c1cccc2c1sc1ccccc12. The molecule has 0 spiro atoms. The predicted octanol–water partition coefficient (Wildman–Crippen LogP) is 9.68. The second-order valence-corrected chi connectivity index (χ2v) is 10.00. The zero-order valence-corrected chi connectivity index (χ0v) is 19.9. The predicted molar refractivity (Wildman–Crippen MR) is 150 cm³/mol. The van der Waals surface area contributed by atoms with Gasteiger partial charge in [-0.2, -0.15) is 0 Å². The molecule has 7 rings (SSSR count). The summed E-state index contributed by atoms with van der Waals surface area (Å²) in [6.07, 6.45) is 0. The zero-order valence-electron chi connectivity index (χ0n) is 19.1. The van der Waals surface area contributed by atoms with Gasteiger partial charge in [-0.3, -0.25) is 0 Å². The fourth-order valence-electron chi connectivity index (χ4n) is 5.31. The van der Waals surface area contributed by atoms with Crippen molar-refractivity contribution in [1.29, 1.82) is 0 Å². The van der Waals surface area contributed by atoms with E-state index in [-0.39, 0.29) is 0 Å². The fourth-order valence-corrected chi connectivity index (χ4v) is 6.52. The molecule has 164 valence electrons. The van der Waals surface area contributed by atoms with Crippen LogP contribution in [-0.2, 0) is 0 Å². The topological polar surface area (TPSA) is 9.29 Å². The van der Waals surface area contributed by atoms with Crippen LogP contribution in [-0.4, -0.2) is 4.57 Å². The Hall–Kier alpha value is -4.39. The number of aromatic nitrogens is 1. The fraction of sp³-hybridized carbons (Fsp3) is 0.0312. The molecule has 0 amide bonds. The van der Waals surface area contributed by atoms with Crippen LogP contribution < -0.4 is 0 Å². The van der Waals surface area contributed by atoms with Gasteiger partial charge in [0.05, 0.1) is 28.0 Å². The van der Waals surface area contributed by atoms with Gasteiger partial charge in [-0.1, -0.05) is 66.7 Å². The van der Waals surface area contributed by atoms with E-state index in [0.29, 0.717) is 5.69 Å². The van der Waals surface area contributed by atoms with Crippen molar-refractivity contribution in [2.24, 2.45) is 0 Å². The minimum Gasteiger partial charge on any atom is -0.308 e. The number of fused-ring (bicyclic) bond motifs is 6. The summed E-state index contributed by atoms with van der Waals surface area (Å²) in [4.78, 5) is 3.73. The Morgan fingerprint density at radius 2 is 1.43 bits per heavy atom. The minimum atomic E-state index is 0.665. The van der Waals surface area contributed by atoms with Crippen LogP contribution in [0.2, 0.25) is 0 Å². The van der Waals surface area contributed by atoms with Gasteiger partial charge in [0.15, 0.2) is 5.69 Å². The Morgan fingerprint density at radius 3 is 2.29 bits per heavy atom. The molecular weight excluding hydrogens is 444 g/mol. The third-order valence-corrected chi connectivity index (χ3v) is 8.17. The van der Waals surface area contributed by atoms with Gasteiger partial charge >= 0.3 is 0 Å². The van der Waals surface area contributed by atoms with Crippen LogP contribution >= 0.6 is 11.3 Å². The summed E-state index contributed by atoms with van der Waals surface area (Å²) in [7, 11) is 0. The molecule has 0 radical (unpaired) electrons. The molecule has 7 aromatic rings. The monoisotopic (exact) mass is 464 g/mol. The number of hydrogen-bond acceptors (Lipinski definition) is 1. The number of nitrogens with zero attached hydrogens (tertiary/aromatic N) is 2. The van der Waals surface area contributed by atoms with Crippen molar-refractivity contribution in [3.63, 3.8) is 0 Å². The Balaban J connectivity index is 1.60. The third kappa shape index (κ3) is 2.94. The van der Waals surface area contributed by atoms with E-state index in [1.54, 1.807) is 0 Å². The lowest BCUT2D eigenvalue weighted by Gasteiger charge is -2.10. The average molecular weight is 465 g/mol. The number of rotatable bonds is 2. The molecule has 5 aromatic carbocycles. The summed E-state index contributed by atoms with van der Waals surface area (Å²) in [5.41, 5.74) is 7.82. The first-order chi connectivity index (χ1) is 17.2. The smallest absolute Gasteiger partial charge is 0.188 e. The van der Waals surface area contributed by atoms with Crippen molar-refractivity contribution in [3.05, 3.63) is 120 Å².